The van der Waals surface area contributed by atoms with E-state index in [1.807, 2.05) is 0 Å². The molecule has 0 aliphatic rings. The van der Waals surface area contributed by atoms with Crippen molar-refractivity contribution < 1.29 is 0 Å². The van der Waals surface area contributed by atoms with Gasteiger partial charge in [0.25, 0.3) is 0 Å². The van der Waals surface area contributed by atoms with Gasteiger partial charge in [0, 0.05) is 0 Å². The molecule has 0 saturated carbocycles. The Hall–Kier alpha value is 0.350. The zero-order chi connectivity index (χ0) is 15.6. The predicted molar refractivity (Wildman–Crippen MR) is 104 cm³/mol. The van der Waals surface area contributed by atoms with E-state index in [4.69, 9.17) is 0 Å². The molecule has 0 rings (SSSR count). The normalized spacial score (nSPS) is 11.4. The fraction of sp³-hybridized carbons (Fsp3) is 1.00. The zero-order valence-electron chi connectivity index (χ0n) is 15.4. The summed E-state index contributed by atoms with van der Waals surface area (Å²) in [6, 6.07) is 0. The maximum absolute atomic E-state index is 2.37. The predicted octanol–water partition coefficient (Wildman–Crippen LogP) is 7.13. The Kier molecular flexibility index (Phi) is 18.7. The van der Waals surface area contributed by atoms with E-state index in [0.717, 1.165) is 0 Å². The molecule has 0 radical (unpaired) electrons. The fourth-order valence-electron chi connectivity index (χ4n) is 2.94. The van der Waals surface area contributed by atoms with Gasteiger partial charge in [0.05, 0.1) is 12.5 Å². The van der Waals surface area contributed by atoms with E-state index in [0.29, 0.717) is 10.9 Å². The van der Waals surface area contributed by atoms with Gasteiger partial charge in [0.2, 0.25) is 0 Å². The Morgan fingerprint density at radius 1 is 0.429 bits per heavy atom. The van der Waals surface area contributed by atoms with Crippen LogP contribution >= 0.6 is 0 Å². The van der Waals surface area contributed by atoms with Crippen molar-refractivity contribution >= 4 is 10.9 Å². The van der Waals surface area contributed by atoms with Crippen LogP contribution in [-0.4, -0.2) is 18.3 Å². The second-order valence-corrected chi connectivity index (χ2v) is 9.37. The summed E-state index contributed by atoms with van der Waals surface area (Å²) in [5.74, 6) is 1.46. The van der Waals surface area contributed by atoms with Crippen molar-refractivity contribution in [2.75, 3.05) is 18.3 Å². The molecule has 0 heterocycles. The van der Waals surface area contributed by atoms with Gasteiger partial charge in [-0.2, -0.15) is 0 Å². The number of unbranched alkanes of at least 4 members (excludes halogenated alkanes) is 15. The molecule has 21 heavy (non-hydrogen) atoms. The van der Waals surface area contributed by atoms with Gasteiger partial charge in [-0.25, -0.2) is 0 Å². The molecule has 0 nitrogen and oxygen atoms in total. The lowest BCUT2D eigenvalue weighted by molar-refractivity contribution is 0.531. The second-order valence-electron chi connectivity index (χ2n) is 6.99. The van der Waals surface area contributed by atoms with Gasteiger partial charge in [-0.15, -0.1) is 0 Å². The average Bonchev–Trinajstić information content (AvgIpc) is 2.46. The summed E-state index contributed by atoms with van der Waals surface area (Å²) in [4.78, 5) is 0. The quantitative estimate of drug-likeness (QED) is 0.198. The van der Waals surface area contributed by atoms with Gasteiger partial charge in [-0.1, -0.05) is 96.8 Å². The zero-order valence-corrected chi connectivity index (χ0v) is 16.2. The van der Waals surface area contributed by atoms with E-state index in [1.54, 1.807) is 0 Å². The highest BCUT2D eigenvalue weighted by Crippen LogP contribution is 2.13. The molecule has 0 atom stereocenters. The van der Waals surface area contributed by atoms with Crippen LogP contribution in [0.2, 0.25) is 0 Å². The largest absolute Gasteiger partial charge is 0.107 e. The van der Waals surface area contributed by atoms with E-state index >= 15 is 0 Å². The highest BCUT2D eigenvalue weighted by Gasteiger charge is 2.00. The Labute approximate surface area is 139 Å². The van der Waals surface area contributed by atoms with E-state index in [-0.39, 0.29) is 0 Å². The Balaban J connectivity index is 2.93. The highest BCUT2D eigenvalue weighted by molar-refractivity contribution is 7.95. The van der Waals surface area contributed by atoms with Crippen LogP contribution in [0.5, 0.6) is 0 Å². The van der Waals surface area contributed by atoms with Crippen LogP contribution < -0.4 is 0 Å². The van der Waals surface area contributed by atoms with Crippen LogP contribution in [-0.2, 0) is 10.9 Å². The molecule has 0 aromatic heterocycles. The Bertz CT molecular complexity index is 177. The summed E-state index contributed by atoms with van der Waals surface area (Å²) in [6.45, 7) is 2.30. The average molecular weight is 316 g/mol. The molecule has 0 aliphatic heterocycles. The first kappa shape index (κ1) is 21.4. The van der Waals surface area contributed by atoms with E-state index < -0.39 is 0 Å². The summed E-state index contributed by atoms with van der Waals surface area (Å²) < 4.78 is 0. The van der Waals surface area contributed by atoms with Gasteiger partial charge < -0.3 is 0 Å². The van der Waals surface area contributed by atoms with Gasteiger partial charge >= 0.3 is 0 Å². The summed E-state index contributed by atoms with van der Waals surface area (Å²) in [5.41, 5.74) is 0. The standard InChI is InChI=1S/C20H43S/c1-4-5-6-7-8-9-10-11-12-13-14-15-16-17-18-19-20-21(2)3/h4-20H2,1-3H3/q+1. The summed E-state index contributed by atoms with van der Waals surface area (Å²) in [6.07, 6.45) is 28.3. The molecule has 0 aromatic rings. The number of hydrogen-bond donors (Lipinski definition) is 0. The lowest BCUT2D eigenvalue weighted by atomic mass is 10.0. The molecule has 0 spiro atoms. The summed E-state index contributed by atoms with van der Waals surface area (Å²) in [7, 11) is 0.667. The first-order valence-corrected chi connectivity index (χ1v) is 12.0. The molecule has 0 saturated heterocycles. The van der Waals surface area contributed by atoms with Crippen molar-refractivity contribution in [1.29, 1.82) is 0 Å². The third-order valence-electron chi connectivity index (χ3n) is 4.41. The Morgan fingerprint density at radius 2 is 0.714 bits per heavy atom. The van der Waals surface area contributed by atoms with Gasteiger partial charge in [0.15, 0.2) is 0 Å². The van der Waals surface area contributed by atoms with E-state index in [1.165, 1.54) is 108 Å². The van der Waals surface area contributed by atoms with Crippen LogP contribution in [0.25, 0.3) is 0 Å². The van der Waals surface area contributed by atoms with E-state index in [2.05, 4.69) is 19.4 Å². The van der Waals surface area contributed by atoms with Crippen LogP contribution in [0.1, 0.15) is 110 Å². The van der Waals surface area contributed by atoms with Crippen molar-refractivity contribution in [3.63, 3.8) is 0 Å². The first-order valence-electron chi connectivity index (χ1n) is 9.81. The lowest BCUT2D eigenvalue weighted by Crippen LogP contribution is -2.00. The molecule has 0 aromatic carbocycles. The second kappa shape index (κ2) is 18.4. The molecular formula is C20H43S+. The SMILES string of the molecule is CCCCCCCCCCCCCCCCCC[S+](C)C. The Morgan fingerprint density at radius 3 is 1.00 bits per heavy atom. The molecule has 128 valence electrons. The number of rotatable bonds is 17. The summed E-state index contributed by atoms with van der Waals surface area (Å²) >= 11 is 0. The molecule has 0 aliphatic carbocycles. The van der Waals surface area contributed by atoms with Crippen LogP contribution in [0.15, 0.2) is 0 Å². The maximum Gasteiger partial charge on any atom is 0.107 e. The monoisotopic (exact) mass is 315 g/mol. The maximum atomic E-state index is 2.37. The molecule has 1 heteroatoms. The minimum Gasteiger partial charge on any atom is -0.0654 e. The highest BCUT2D eigenvalue weighted by atomic mass is 32.2. The smallest absolute Gasteiger partial charge is 0.0654 e. The molecule has 0 bridgehead atoms. The minimum absolute atomic E-state index is 0.667. The van der Waals surface area contributed by atoms with Crippen molar-refractivity contribution in [2.45, 2.75) is 110 Å². The molecule has 0 fully saturated rings. The van der Waals surface area contributed by atoms with Crippen molar-refractivity contribution in [3.05, 3.63) is 0 Å². The van der Waals surface area contributed by atoms with Crippen LogP contribution in [0.3, 0.4) is 0 Å². The van der Waals surface area contributed by atoms with Gasteiger partial charge in [-0.3, -0.25) is 0 Å². The summed E-state index contributed by atoms with van der Waals surface area (Å²) in [5, 5.41) is 0. The lowest BCUT2D eigenvalue weighted by Gasteiger charge is -2.03. The van der Waals surface area contributed by atoms with Gasteiger partial charge in [0.1, 0.15) is 5.75 Å². The number of hydrogen-bond acceptors (Lipinski definition) is 0. The van der Waals surface area contributed by atoms with Crippen molar-refractivity contribution in [3.8, 4) is 0 Å². The third-order valence-corrected chi connectivity index (χ3v) is 5.51. The molecule has 0 N–H and O–H groups in total. The molecule has 0 unspecified atom stereocenters. The van der Waals surface area contributed by atoms with Crippen LogP contribution in [0, 0.1) is 0 Å². The fourth-order valence-corrected chi connectivity index (χ4v) is 3.72. The van der Waals surface area contributed by atoms with Crippen molar-refractivity contribution in [2.24, 2.45) is 0 Å². The third kappa shape index (κ3) is 20.4. The molecule has 0 amide bonds. The van der Waals surface area contributed by atoms with Crippen LogP contribution in [0.4, 0.5) is 0 Å². The topological polar surface area (TPSA) is 0 Å². The first-order chi connectivity index (χ1) is 10.3. The van der Waals surface area contributed by atoms with E-state index in [9.17, 15) is 0 Å². The van der Waals surface area contributed by atoms with Gasteiger partial charge in [-0.05, 0) is 23.7 Å². The minimum atomic E-state index is 0.667. The molecular weight excluding hydrogens is 272 g/mol. The van der Waals surface area contributed by atoms with Crippen molar-refractivity contribution in [1.82, 2.24) is 0 Å².